The first kappa shape index (κ1) is 17.6. The maximum atomic E-state index is 12.1. The molecular formula is C17H17ClN2O4. The molecule has 0 bridgehead atoms. The summed E-state index contributed by atoms with van der Waals surface area (Å²) in [6, 6.07) is 11.7. The van der Waals surface area contributed by atoms with Crippen molar-refractivity contribution in [3.8, 4) is 11.5 Å². The first-order chi connectivity index (χ1) is 11.5. The van der Waals surface area contributed by atoms with E-state index in [-0.39, 0.29) is 12.3 Å². The third-order valence-electron chi connectivity index (χ3n) is 3.24. The van der Waals surface area contributed by atoms with Crippen LogP contribution in [0.25, 0.3) is 0 Å². The van der Waals surface area contributed by atoms with E-state index in [0.29, 0.717) is 27.6 Å². The van der Waals surface area contributed by atoms with Gasteiger partial charge in [-0.25, -0.2) is 0 Å². The van der Waals surface area contributed by atoms with Gasteiger partial charge in [0.05, 0.1) is 20.6 Å². The number of carbonyl (C=O) groups excluding carboxylic acids is 2. The number of ether oxygens (including phenoxy) is 2. The molecular weight excluding hydrogens is 332 g/mol. The first-order valence-electron chi connectivity index (χ1n) is 7.09. The highest BCUT2D eigenvalue weighted by atomic mass is 35.5. The summed E-state index contributed by atoms with van der Waals surface area (Å²) in [5.74, 6) is 0.0785. The molecule has 2 aromatic carbocycles. The Morgan fingerprint density at radius 3 is 2.21 bits per heavy atom. The Hall–Kier alpha value is -2.73. The molecule has 0 unspecified atom stereocenters. The zero-order chi connectivity index (χ0) is 17.5. The molecule has 126 valence electrons. The molecule has 0 fully saturated rings. The van der Waals surface area contributed by atoms with Crippen molar-refractivity contribution in [3.05, 3.63) is 58.6 Å². The Bertz CT molecular complexity index is 727. The van der Waals surface area contributed by atoms with Crippen LogP contribution in [0.15, 0.2) is 42.5 Å². The molecule has 6 nitrogen and oxygen atoms in total. The van der Waals surface area contributed by atoms with Crippen LogP contribution in [0.1, 0.15) is 15.9 Å². The fourth-order valence-corrected chi connectivity index (χ4v) is 2.20. The highest BCUT2D eigenvalue weighted by Crippen LogP contribution is 2.22. The average Bonchev–Trinajstić information content (AvgIpc) is 2.61. The molecule has 0 saturated heterocycles. The van der Waals surface area contributed by atoms with Gasteiger partial charge in [-0.1, -0.05) is 29.8 Å². The Morgan fingerprint density at radius 2 is 1.62 bits per heavy atom. The highest BCUT2D eigenvalue weighted by molar-refractivity contribution is 6.31. The molecule has 2 aromatic rings. The molecule has 0 spiro atoms. The minimum Gasteiger partial charge on any atom is -0.497 e. The summed E-state index contributed by atoms with van der Waals surface area (Å²) < 4.78 is 10.2. The first-order valence-corrected chi connectivity index (χ1v) is 7.47. The monoisotopic (exact) mass is 348 g/mol. The number of rotatable bonds is 5. The molecule has 2 rings (SSSR count). The van der Waals surface area contributed by atoms with Crippen LogP contribution in [0.5, 0.6) is 11.5 Å². The van der Waals surface area contributed by atoms with E-state index >= 15 is 0 Å². The highest BCUT2D eigenvalue weighted by Gasteiger charge is 2.12. The van der Waals surface area contributed by atoms with Crippen molar-refractivity contribution in [3.63, 3.8) is 0 Å². The lowest BCUT2D eigenvalue weighted by Crippen LogP contribution is -2.42. The number of benzene rings is 2. The van der Waals surface area contributed by atoms with Crippen molar-refractivity contribution in [2.24, 2.45) is 0 Å². The number of methoxy groups -OCH3 is 2. The second-order valence-electron chi connectivity index (χ2n) is 4.87. The molecule has 2 N–H and O–H groups in total. The quantitative estimate of drug-likeness (QED) is 0.813. The smallest absolute Gasteiger partial charge is 0.269 e. The van der Waals surface area contributed by atoms with E-state index < -0.39 is 5.91 Å². The summed E-state index contributed by atoms with van der Waals surface area (Å²) in [7, 11) is 2.98. The third kappa shape index (κ3) is 4.63. The van der Waals surface area contributed by atoms with Gasteiger partial charge < -0.3 is 9.47 Å². The lowest BCUT2D eigenvalue weighted by atomic mass is 10.1. The zero-order valence-electron chi connectivity index (χ0n) is 13.3. The van der Waals surface area contributed by atoms with Gasteiger partial charge in [0.2, 0.25) is 5.91 Å². The number of hydrogen-bond donors (Lipinski definition) is 2. The average molecular weight is 349 g/mol. The van der Waals surface area contributed by atoms with Crippen LogP contribution in [0.3, 0.4) is 0 Å². The van der Waals surface area contributed by atoms with Gasteiger partial charge in [0, 0.05) is 16.7 Å². The number of halogens is 1. The van der Waals surface area contributed by atoms with Crippen LogP contribution in [-0.4, -0.2) is 26.0 Å². The van der Waals surface area contributed by atoms with E-state index in [2.05, 4.69) is 10.9 Å². The number of carbonyl (C=O) groups is 2. The Kier molecular flexibility index (Phi) is 6.03. The summed E-state index contributed by atoms with van der Waals surface area (Å²) in [4.78, 5) is 24.1. The SMILES string of the molecule is COc1cc(OC)cc(C(=O)NNC(=O)Cc2ccccc2Cl)c1. The van der Waals surface area contributed by atoms with Crippen molar-refractivity contribution in [1.29, 1.82) is 0 Å². The van der Waals surface area contributed by atoms with Gasteiger partial charge >= 0.3 is 0 Å². The maximum absolute atomic E-state index is 12.1. The Morgan fingerprint density at radius 1 is 1.00 bits per heavy atom. The van der Waals surface area contributed by atoms with Crippen molar-refractivity contribution < 1.29 is 19.1 Å². The fourth-order valence-electron chi connectivity index (χ4n) is 2.00. The van der Waals surface area contributed by atoms with Crippen LogP contribution in [0.2, 0.25) is 5.02 Å². The number of hydrogen-bond acceptors (Lipinski definition) is 4. The largest absolute Gasteiger partial charge is 0.497 e. The van der Waals surface area contributed by atoms with Crippen LogP contribution < -0.4 is 20.3 Å². The van der Waals surface area contributed by atoms with Gasteiger partial charge in [-0.05, 0) is 23.8 Å². The minimum atomic E-state index is -0.486. The molecule has 0 aliphatic rings. The van der Waals surface area contributed by atoms with Gasteiger partial charge in [0.1, 0.15) is 11.5 Å². The fraction of sp³-hybridized carbons (Fsp3) is 0.176. The van der Waals surface area contributed by atoms with Crippen molar-refractivity contribution in [2.45, 2.75) is 6.42 Å². The molecule has 0 saturated carbocycles. The van der Waals surface area contributed by atoms with Crippen molar-refractivity contribution in [1.82, 2.24) is 10.9 Å². The summed E-state index contributed by atoms with van der Waals surface area (Å²) in [5.41, 5.74) is 5.67. The van der Waals surface area contributed by atoms with Crippen molar-refractivity contribution in [2.75, 3.05) is 14.2 Å². The Balaban J connectivity index is 1.98. The van der Waals surface area contributed by atoms with Crippen LogP contribution >= 0.6 is 11.6 Å². The van der Waals surface area contributed by atoms with Gasteiger partial charge in [0.15, 0.2) is 0 Å². The summed E-state index contributed by atoms with van der Waals surface area (Å²) >= 11 is 6.00. The normalized spacial score (nSPS) is 9.96. The Labute approximate surface area is 144 Å². The standard InChI is InChI=1S/C17H17ClN2O4/c1-23-13-7-12(8-14(10-13)24-2)17(22)20-19-16(21)9-11-5-3-4-6-15(11)18/h3-8,10H,9H2,1-2H3,(H,19,21)(H,20,22). The maximum Gasteiger partial charge on any atom is 0.269 e. The van der Waals surface area contributed by atoms with E-state index in [1.807, 2.05) is 0 Å². The number of nitrogens with one attached hydrogen (secondary N) is 2. The number of hydrazine groups is 1. The molecule has 0 aliphatic carbocycles. The predicted octanol–water partition coefficient (Wildman–Crippen LogP) is 2.36. The van der Waals surface area contributed by atoms with Gasteiger partial charge in [-0.2, -0.15) is 0 Å². The zero-order valence-corrected chi connectivity index (χ0v) is 14.0. The molecule has 0 atom stereocenters. The van der Waals surface area contributed by atoms with Gasteiger partial charge in [-0.3, -0.25) is 20.4 Å². The van der Waals surface area contributed by atoms with Gasteiger partial charge in [-0.15, -0.1) is 0 Å². The van der Waals surface area contributed by atoms with E-state index in [4.69, 9.17) is 21.1 Å². The molecule has 0 aliphatic heterocycles. The molecule has 7 heteroatoms. The summed E-state index contributed by atoms with van der Waals surface area (Å²) in [5, 5.41) is 0.497. The lowest BCUT2D eigenvalue weighted by Gasteiger charge is -2.10. The van der Waals surface area contributed by atoms with Crippen LogP contribution in [-0.2, 0) is 11.2 Å². The third-order valence-corrected chi connectivity index (χ3v) is 3.61. The van der Waals surface area contributed by atoms with E-state index in [1.165, 1.54) is 26.4 Å². The summed E-state index contributed by atoms with van der Waals surface area (Å²) in [6.45, 7) is 0. The van der Waals surface area contributed by atoms with E-state index in [9.17, 15) is 9.59 Å². The molecule has 0 heterocycles. The molecule has 2 amide bonds. The number of amides is 2. The topological polar surface area (TPSA) is 76.7 Å². The minimum absolute atomic E-state index is 0.0569. The molecule has 0 aromatic heterocycles. The predicted molar refractivity (Wildman–Crippen MR) is 90.3 cm³/mol. The second-order valence-corrected chi connectivity index (χ2v) is 5.28. The van der Waals surface area contributed by atoms with Crippen molar-refractivity contribution >= 4 is 23.4 Å². The van der Waals surface area contributed by atoms with E-state index in [0.717, 1.165) is 0 Å². The van der Waals surface area contributed by atoms with Crippen LogP contribution in [0.4, 0.5) is 0 Å². The van der Waals surface area contributed by atoms with Crippen LogP contribution in [0, 0.1) is 0 Å². The molecule has 24 heavy (non-hydrogen) atoms. The van der Waals surface area contributed by atoms with Gasteiger partial charge in [0.25, 0.3) is 5.91 Å². The van der Waals surface area contributed by atoms with E-state index in [1.54, 1.807) is 30.3 Å². The molecule has 0 radical (unpaired) electrons. The second kappa shape index (κ2) is 8.21. The summed E-state index contributed by atoms with van der Waals surface area (Å²) in [6.07, 6.45) is 0.0569. The lowest BCUT2D eigenvalue weighted by molar-refractivity contribution is -0.121.